The Kier molecular flexibility index (Phi) is 2.90. The van der Waals surface area contributed by atoms with Gasteiger partial charge in [-0.1, -0.05) is 12.1 Å². The zero-order valence-corrected chi connectivity index (χ0v) is 9.41. The number of halogens is 1. The van der Waals surface area contributed by atoms with Gasteiger partial charge in [0.05, 0.1) is 0 Å². The minimum absolute atomic E-state index is 0.322. The molecule has 3 N–H and O–H groups in total. The maximum Gasteiger partial charge on any atom is 0.282 e. The minimum Gasteiger partial charge on any atom is -0.262 e. The normalized spacial score (nSPS) is 11.6. The van der Waals surface area contributed by atoms with Crippen LogP contribution in [0.2, 0.25) is 0 Å². The Morgan fingerprint density at radius 2 is 1.94 bits per heavy atom. The second-order valence-corrected chi connectivity index (χ2v) is 4.87. The van der Waals surface area contributed by atoms with Gasteiger partial charge in [0.25, 0.3) is 15.2 Å². The third kappa shape index (κ3) is 2.86. The van der Waals surface area contributed by atoms with Gasteiger partial charge in [0.15, 0.2) is 0 Å². The van der Waals surface area contributed by atoms with E-state index in [9.17, 15) is 12.8 Å². The minimum atomic E-state index is -3.89. The van der Waals surface area contributed by atoms with E-state index in [0.29, 0.717) is 12.2 Å². The van der Waals surface area contributed by atoms with Gasteiger partial charge in [0, 0.05) is 6.42 Å². The van der Waals surface area contributed by atoms with Crippen LogP contribution in [0.5, 0.6) is 0 Å². The highest BCUT2D eigenvalue weighted by molar-refractivity contribution is 7.89. The van der Waals surface area contributed by atoms with Gasteiger partial charge in [-0.25, -0.2) is 22.9 Å². The maximum absolute atomic E-state index is 12.7. The lowest BCUT2D eigenvalue weighted by Crippen LogP contribution is -2.13. The van der Waals surface area contributed by atoms with E-state index in [1.54, 1.807) is 12.1 Å². The monoisotopic (exact) mass is 256 g/mol. The fourth-order valence-electron chi connectivity index (χ4n) is 1.28. The quantitative estimate of drug-likeness (QED) is 0.817. The zero-order chi connectivity index (χ0) is 12.5. The fraction of sp³-hybridized carbons (Fsp3) is 0.111. The second-order valence-electron chi connectivity index (χ2n) is 3.41. The van der Waals surface area contributed by atoms with E-state index < -0.39 is 15.2 Å². The van der Waals surface area contributed by atoms with Crippen LogP contribution >= 0.6 is 0 Å². The lowest BCUT2D eigenvalue weighted by Gasteiger charge is -1.96. The van der Waals surface area contributed by atoms with Crippen LogP contribution in [0.3, 0.4) is 0 Å². The number of primary sulfonamides is 1. The van der Waals surface area contributed by atoms with E-state index in [2.05, 4.69) is 15.2 Å². The average Bonchev–Trinajstić information content (AvgIpc) is 2.69. The lowest BCUT2D eigenvalue weighted by atomic mass is 10.1. The first-order valence-corrected chi connectivity index (χ1v) is 6.18. The van der Waals surface area contributed by atoms with E-state index in [4.69, 9.17) is 5.14 Å². The largest absolute Gasteiger partial charge is 0.282 e. The predicted molar refractivity (Wildman–Crippen MR) is 57.0 cm³/mol. The lowest BCUT2D eigenvalue weighted by molar-refractivity contribution is 0.589. The number of hydrogen-bond donors (Lipinski definition) is 2. The maximum atomic E-state index is 12.7. The molecule has 0 aliphatic rings. The smallest absolute Gasteiger partial charge is 0.262 e. The number of sulfonamides is 1. The van der Waals surface area contributed by atoms with Crippen LogP contribution in [0.1, 0.15) is 11.4 Å². The number of rotatable bonds is 3. The molecule has 8 heteroatoms. The number of aromatic nitrogens is 3. The Morgan fingerprint density at radius 3 is 2.47 bits per heavy atom. The molecule has 90 valence electrons. The Balaban J connectivity index is 2.20. The van der Waals surface area contributed by atoms with Crippen molar-refractivity contribution in [3.05, 3.63) is 41.5 Å². The van der Waals surface area contributed by atoms with Crippen LogP contribution in [0.25, 0.3) is 0 Å². The highest BCUT2D eigenvalue weighted by Gasteiger charge is 2.14. The van der Waals surface area contributed by atoms with Crippen molar-refractivity contribution in [2.45, 2.75) is 11.6 Å². The Labute approximate surface area is 96.7 Å². The predicted octanol–water partition coefficient (Wildman–Crippen LogP) is 0.182. The Morgan fingerprint density at radius 1 is 1.29 bits per heavy atom. The topological polar surface area (TPSA) is 102 Å². The van der Waals surface area contributed by atoms with Crippen molar-refractivity contribution in [2.75, 3.05) is 0 Å². The molecule has 0 fully saturated rings. The van der Waals surface area contributed by atoms with E-state index in [0.717, 1.165) is 5.56 Å². The molecule has 0 spiro atoms. The first-order chi connectivity index (χ1) is 7.95. The van der Waals surface area contributed by atoms with Crippen LogP contribution in [0.15, 0.2) is 29.4 Å². The van der Waals surface area contributed by atoms with Crippen molar-refractivity contribution < 1.29 is 12.8 Å². The second kappa shape index (κ2) is 4.22. The van der Waals surface area contributed by atoms with Crippen molar-refractivity contribution in [1.29, 1.82) is 0 Å². The van der Waals surface area contributed by atoms with E-state index in [-0.39, 0.29) is 5.82 Å². The third-order valence-electron chi connectivity index (χ3n) is 2.05. The van der Waals surface area contributed by atoms with Gasteiger partial charge in [-0.05, 0) is 17.7 Å². The Bertz CT molecular complexity index is 621. The highest BCUT2D eigenvalue weighted by Crippen LogP contribution is 2.08. The molecule has 6 nitrogen and oxygen atoms in total. The molecule has 0 radical (unpaired) electrons. The molecule has 0 aliphatic heterocycles. The molecule has 2 rings (SSSR count). The number of nitrogens with zero attached hydrogens (tertiary/aromatic N) is 2. The van der Waals surface area contributed by atoms with E-state index >= 15 is 0 Å². The molecule has 17 heavy (non-hydrogen) atoms. The number of H-pyrrole nitrogens is 1. The first kappa shape index (κ1) is 11.7. The number of hydrogen-bond acceptors (Lipinski definition) is 4. The molecular weight excluding hydrogens is 247 g/mol. The van der Waals surface area contributed by atoms with Crippen molar-refractivity contribution in [3.63, 3.8) is 0 Å². The summed E-state index contributed by atoms with van der Waals surface area (Å²) >= 11 is 0. The number of nitrogens with one attached hydrogen (secondary N) is 1. The summed E-state index contributed by atoms with van der Waals surface area (Å²) in [5.41, 5.74) is 0.781. The van der Waals surface area contributed by atoms with Crippen LogP contribution in [0, 0.1) is 5.82 Å². The summed E-state index contributed by atoms with van der Waals surface area (Å²) in [6.07, 6.45) is 0.322. The molecule has 0 atom stereocenters. The summed E-state index contributed by atoms with van der Waals surface area (Å²) in [4.78, 5) is 3.73. The molecule has 0 bridgehead atoms. The van der Waals surface area contributed by atoms with Crippen LogP contribution in [-0.2, 0) is 16.4 Å². The third-order valence-corrected chi connectivity index (χ3v) is 2.74. The average molecular weight is 256 g/mol. The SMILES string of the molecule is NS(=O)(=O)c1n[nH]c(Cc2ccc(F)cc2)n1. The van der Waals surface area contributed by atoms with Gasteiger partial charge in [0.2, 0.25) is 0 Å². The van der Waals surface area contributed by atoms with Crippen molar-refractivity contribution in [1.82, 2.24) is 15.2 Å². The molecule has 0 unspecified atom stereocenters. The summed E-state index contributed by atoms with van der Waals surface area (Å²) in [6.45, 7) is 0. The fourth-order valence-corrected chi connectivity index (χ4v) is 1.69. The molecule has 1 aromatic carbocycles. The summed E-state index contributed by atoms with van der Waals surface area (Å²) in [6, 6.07) is 5.78. The van der Waals surface area contributed by atoms with Crippen LogP contribution < -0.4 is 5.14 Å². The zero-order valence-electron chi connectivity index (χ0n) is 8.59. The number of benzene rings is 1. The Hall–Kier alpha value is -1.80. The van der Waals surface area contributed by atoms with Gasteiger partial charge in [-0.2, -0.15) is 0 Å². The summed E-state index contributed by atoms with van der Waals surface area (Å²) in [7, 11) is -3.89. The van der Waals surface area contributed by atoms with Crippen molar-refractivity contribution in [3.8, 4) is 0 Å². The van der Waals surface area contributed by atoms with Crippen molar-refractivity contribution in [2.24, 2.45) is 5.14 Å². The van der Waals surface area contributed by atoms with Gasteiger partial charge in [0.1, 0.15) is 11.6 Å². The highest BCUT2D eigenvalue weighted by atomic mass is 32.2. The van der Waals surface area contributed by atoms with E-state index in [1.165, 1.54) is 12.1 Å². The summed E-state index contributed by atoms with van der Waals surface area (Å²) < 4.78 is 34.5. The number of aromatic amines is 1. The molecule has 2 aromatic rings. The van der Waals surface area contributed by atoms with Crippen LogP contribution in [-0.4, -0.2) is 23.6 Å². The number of nitrogens with two attached hydrogens (primary N) is 1. The molecule has 0 saturated carbocycles. The molecule has 1 aromatic heterocycles. The van der Waals surface area contributed by atoms with Gasteiger partial charge in [-0.15, -0.1) is 5.10 Å². The standard InChI is InChI=1S/C9H9FN4O2S/c10-7-3-1-6(2-4-7)5-8-12-9(14-13-8)17(11,15)16/h1-4H,5H2,(H2,11,15,16)(H,12,13,14). The van der Waals surface area contributed by atoms with Crippen molar-refractivity contribution >= 4 is 10.0 Å². The van der Waals surface area contributed by atoms with Gasteiger partial charge < -0.3 is 0 Å². The van der Waals surface area contributed by atoms with Gasteiger partial charge >= 0.3 is 0 Å². The molecule has 0 saturated heterocycles. The molecule has 1 heterocycles. The first-order valence-electron chi connectivity index (χ1n) is 4.64. The molecule has 0 aliphatic carbocycles. The van der Waals surface area contributed by atoms with Crippen LogP contribution in [0.4, 0.5) is 4.39 Å². The summed E-state index contributed by atoms with van der Waals surface area (Å²) in [5.74, 6) is 0.0113. The van der Waals surface area contributed by atoms with E-state index in [1.807, 2.05) is 0 Å². The molecule has 0 amide bonds. The van der Waals surface area contributed by atoms with Gasteiger partial charge in [-0.3, -0.25) is 5.10 Å². The summed E-state index contributed by atoms with van der Waals surface area (Å²) in [5, 5.41) is 10.4. The molecular formula is C9H9FN4O2S.